The molecule has 0 saturated carbocycles. The van der Waals surface area contributed by atoms with Crippen molar-refractivity contribution in [2.24, 2.45) is 0 Å². The van der Waals surface area contributed by atoms with Crippen LogP contribution < -0.4 is 5.32 Å². The molecule has 0 fully saturated rings. The number of nitrogens with zero attached hydrogens (tertiary/aromatic N) is 1. The summed E-state index contributed by atoms with van der Waals surface area (Å²) in [5, 5.41) is 4.91. The van der Waals surface area contributed by atoms with Crippen molar-refractivity contribution in [2.45, 2.75) is 18.9 Å². The lowest BCUT2D eigenvalue weighted by molar-refractivity contribution is -0.133. The van der Waals surface area contributed by atoms with Gasteiger partial charge in [-0.25, -0.2) is 0 Å². The van der Waals surface area contributed by atoms with Crippen molar-refractivity contribution in [3.05, 3.63) is 57.3 Å². The van der Waals surface area contributed by atoms with Crippen LogP contribution in [0.2, 0.25) is 0 Å². The monoisotopic (exact) mass is 312 g/mol. The maximum absolute atomic E-state index is 12.7. The molecule has 0 bridgehead atoms. The summed E-state index contributed by atoms with van der Waals surface area (Å²) >= 11 is 1.61. The summed E-state index contributed by atoms with van der Waals surface area (Å²) in [5.74, 6) is 0.115. The van der Waals surface area contributed by atoms with Crippen LogP contribution in [0.15, 0.2) is 35.7 Å². The molecule has 3 heterocycles. The molecular weight excluding hydrogens is 296 g/mol. The number of carbonyl (C=O) groups excluding carboxylic acids is 2. The number of amides is 2. The Balaban J connectivity index is 1.67. The van der Waals surface area contributed by atoms with Crippen LogP contribution in [0.5, 0.6) is 0 Å². The molecule has 2 amide bonds. The first-order chi connectivity index (χ1) is 10.7. The number of nitrogens with one attached hydrogen (secondary N) is 1. The van der Waals surface area contributed by atoms with Crippen LogP contribution in [0.4, 0.5) is 0 Å². The fraction of sp³-hybridized carbons (Fsp3) is 0.294. The zero-order chi connectivity index (χ0) is 15.1. The predicted molar refractivity (Wildman–Crippen MR) is 85.0 cm³/mol. The molecule has 112 valence electrons. The Kier molecular flexibility index (Phi) is 3.22. The van der Waals surface area contributed by atoms with Crippen LogP contribution in [-0.2, 0) is 17.6 Å². The summed E-state index contributed by atoms with van der Waals surface area (Å²) < 4.78 is 0. The van der Waals surface area contributed by atoms with Gasteiger partial charge in [-0.3, -0.25) is 9.59 Å². The van der Waals surface area contributed by atoms with E-state index in [0.29, 0.717) is 13.0 Å². The molecular formula is C17H16N2O2S. The molecule has 4 nitrogen and oxygen atoms in total. The fourth-order valence-electron chi connectivity index (χ4n) is 3.43. The van der Waals surface area contributed by atoms with Gasteiger partial charge in [0.15, 0.2) is 0 Å². The number of benzene rings is 1. The predicted octanol–water partition coefficient (Wildman–Crippen LogP) is 2.16. The highest BCUT2D eigenvalue weighted by atomic mass is 32.1. The number of carbonyl (C=O) groups is 2. The summed E-state index contributed by atoms with van der Waals surface area (Å²) in [6.45, 7) is 1.24. The Morgan fingerprint density at radius 3 is 3.05 bits per heavy atom. The highest BCUT2D eigenvalue weighted by molar-refractivity contribution is 7.10. The first kappa shape index (κ1) is 13.5. The Labute approximate surface area is 132 Å². The second-order valence-corrected chi connectivity index (χ2v) is 6.73. The topological polar surface area (TPSA) is 49.4 Å². The number of hydrogen-bond acceptors (Lipinski definition) is 3. The molecule has 1 aromatic heterocycles. The van der Waals surface area contributed by atoms with Crippen LogP contribution in [0.3, 0.4) is 0 Å². The molecule has 0 aliphatic carbocycles. The third-order valence-electron chi connectivity index (χ3n) is 4.45. The third kappa shape index (κ3) is 2.13. The van der Waals surface area contributed by atoms with Crippen molar-refractivity contribution in [1.82, 2.24) is 10.2 Å². The van der Waals surface area contributed by atoms with E-state index in [1.54, 1.807) is 11.3 Å². The zero-order valence-electron chi connectivity index (χ0n) is 12.0. The van der Waals surface area contributed by atoms with Gasteiger partial charge in [-0.1, -0.05) is 18.2 Å². The van der Waals surface area contributed by atoms with Gasteiger partial charge < -0.3 is 10.2 Å². The van der Waals surface area contributed by atoms with Crippen molar-refractivity contribution < 1.29 is 9.59 Å². The van der Waals surface area contributed by atoms with Crippen LogP contribution in [-0.4, -0.2) is 29.8 Å². The molecule has 1 atom stereocenters. The highest BCUT2D eigenvalue weighted by Gasteiger charge is 2.36. The standard InChI is InChI=1S/C17H16N2O2S/c20-15(9-12-4-2-8-22-12)19-7-6-11-3-1-5-13-16(11)14(19)10-18-17(13)21/h1-5,8,14H,6-7,9-10H2,(H,18,21). The van der Waals surface area contributed by atoms with Gasteiger partial charge in [0.05, 0.1) is 12.5 Å². The van der Waals surface area contributed by atoms with Gasteiger partial charge in [-0.15, -0.1) is 11.3 Å². The molecule has 22 heavy (non-hydrogen) atoms. The Bertz CT molecular complexity index is 739. The van der Waals surface area contributed by atoms with E-state index in [1.807, 2.05) is 34.5 Å². The normalized spacial score (nSPS) is 19.5. The third-order valence-corrected chi connectivity index (χ3v) is 5.33. The quantitative estimate of drug-likeness (QED) is 0.924. The van der Waals surface area contributed by atoms with E-state index in [-0.39, 0.29) is 17.9 Å². The van der Waals surface area contributed by atoms with Gasteiger partial charge in [0.1, 0.15) is 0 Å². The molecule has 0 radical (unpaired) electrons. The first-order valence-electron chi connectivity index (χ1n) is 7.46. The van der Waals surface area contributed by atoms with Gasteiger partial charge in [0.2, 0.25) is 5.91 Å². The molecule has 1 aromatic carbocycles. The van der Waals surface area contributed by atoms with Crippen LogP contribution in [0, 0.1) is 0 Å². The summed E-state index contributed by atoms with van der Waals surface area (Å²) in [5.41, 5.74) is 2.98. The van der Waals surface area contributed by atoms with E-state index in [2.05, 4.69) is 11.4 Å². The van der Waals surface area contributed by atoms with Crippen LogP contribution in [0.25, 0.3) is 0 Å². The van der Waals surface area contributed by atoms with Gasteiger partial charge in [-0.05, 0) is 35.1 Å². The van der Waals surface area contributed by atoms with Crippen molar-refractivity contribution >= 4 is 23.2 Å². The number of rotatable bonds is 2. The molecule has 4 rings (SSSR count). The van der Waals surface area contributed by atoms with Crippen molar-refractivity contribution in [2.75, 3.05) is 13.1 Å². The maximum atomic E-state index is 12.7. The van der Waals surface area contributed by atoms with E-state index in [9.17, 15) is 9.59 Å². The lowest BCUT2D eigenvalue weighted by Crippen LogP contribution is -2.49. The molecule has 0 saturated heterocycles. The van der Waals surface area contributed by atoms with Crippen molar-refractivity contribution in [3.8, 4) is 0 Å². The smallest absolute Gasteiger partial charge is 0.251 e. The maximum Gasteiger partial charge on any atom is 0.251 e. The number of thiophene rings is 1. The van der Waals surface area contributed by atoms with Gasteiger partial charge >= 0.3 is 0 Å². The minimum Gasteiger partial charge on any atom is -0.350 e. The van der Waals surface area contributed by atoms with E-state index in [4.69, 9.17) is 0 Å². The second kappa shape index (κ2) is 5.25. The minimum absolute atomic E-state index is 0.0230. The van der Waals surface area contributed by atoms with E-state index in [1.165, 1.54) is 5.56 Å². The van der Waals surface area contributed by atoms with Crippen LogP contribution in [0.1, 0.15) is 32.4 Å². The van der Waals surface area contributed by atoms with Gasteiger partial charge in [0, 0.05) is 23.5 Å². The van der Waals surface area contributed by atoms with Crippen molar-refractivity contribution in [3.63, 3.8) is 0 Å². The summed E-state index contributed by atoms with van der Waals surface area (Å²) in [4.78, 5) is 27.7. The van der Waals surface area contributed by atoms with E-state index >= 15 is 0 Å². The lowest BCUT2D eigenvalue weighted by atomic mass is 9.85. The molecule has 0 spiro atoms. The van der Waals surface area contributed by atoms with Crippen molar-refractivity contribution in [1.29, 1.82) is 0 Å². The summed E-state index contributed by atoms with van der Waals surface area (Å²) in [6.07, 6.45) is 1.27. The van der Waals surface area contributed by atoms with E-state index in [0.717, 1.165) is 29.0 Å². The van der Waals surface area contributed by atoms with Gasteiger partial charge in [-0.2, -0.15) is 0 Å². The van der Waals surface area contributed by atoms with Gasteiger partial charge in [0.25, 0.3) is 5.91 Å². The summed E-state index contributed by atoms with van der Waals surface area (Å²) in [7, 11) is 0. The lowest BCUT2D eigenvalue weighted by Gasteiger charge is -2.40. The summed E-state index contributed by atoms with van der Waals surface area (Å²) in [6, 6.07) is 9.80. The Hall–Kier alpha value is -2.14. The Morgan fingerprint density at radius 1 is 1.32 bits per heavy atom. The largest absolute Gasteiger partial charge is 0.350 e. The fourth-order valence-corrected chi connectivity index (χ4v) is 4.13. The molecule has 2 aromatic rings. The SMILES string of the molecule is O=C1NCC2c3c(cccc31)CCN2C(=O)Cc1cccs1. The molecule has 2 aliphatic heterocycles. The molecule has 5 heteroatoms. The highest BCUT2D eigenvalue weighted by Crippen LogP contribution is 2.35. The van der Waals surface area contributed by atoms with Crippen LogP contribution >= 0.6 is 11.3 Å². The number of hydrogen-bond donors (Lipinski definition) is 1. The molecule has 1 unspecified atom stereocenters. The average Bonchev–Trinajstić information content (AvgIpc) is 3.03. The molecule has 1 N–H and O–H groups in total. The Morgan fingerprint density at radius 2 is 2.23 bits per heavy atom. The zero-order valence-corrected chi connectivity index (χ0v) is 12.9. The molecule has 2 aliphatic rings. The minimum atomic E-state index is -0.0272. The second-order valence-electron chi connectivity index (χ2n) is 5.70. The average molecular weight is 312 g/mol. The van der Waals surface area contributed by atoms with E-state index < -0.39 is 0 Å². The first-order valence-corrected chi connectivity index (χ1v) is 8.34.